The number of carboxylic acid groups (broad SMARTS) is 1. The normalized spacial score (nSPS) is 17.3. The van der Waals surface area contributed by atoms with Crippen LogP contribution < -0.4 is 5.73 Å². The third-order valence-electron chi connectivity index (χ3n) is 8.32. The number of hydrogen-bond donors (Lipinski definition) is 3. The number of nitrogens with zero attached hydrogens (tertiary/aromatic N) is 2. The number of aromatic amines is 1. The van der Waals surface area contributed by atoms with Gasteiger partial charge in [0.1, 0.15) is 0 Å². The van der Waals surface area contributed by atoms with Crippen molar-refractivity contribution < 1.29 is 36.3 Å². The summed E-state index contributed by atoms with van der Waals surface area (Å²) in [7, 11) is -0.949. The Balaban J connectivity index is 0.000000541. The first-order chi connectivity index (χ1) is 20.2. The van der Waals surface area contributed by atoms with Crippen molar-refractivity contribution in [3.63, 3.8) is 0 Å². The predicted octanol–water partition coefficient (Wildman–Crippen LogP) is 5.53. The van der Waals surface area contributed by atoms with E-state index in [0.717, 1.165) is 47.0 Å². The highest BCUT2D eigenvalue weighted by atomic mass is 32.2. The van der Waals surface area contributed by atoms with Crippen molar-refractivity contribution in [3.8, 4) is 11.1 Å². The van der Waals surface area contributed by atoms with Crippen LogP contribution in [0.4, 0.5) is 13.2 Å². The smallest absolute Gasteiger partial charge is 0.475 e. The molecule has 5 rings (SSSR count). The molecule has 43 heavy (non-hydrogen) atoms. The number of primary amides is 1. The number of nitrogens with one attached hydrogen (secondary N) is 1. The molecule has 236 valence electrons. The maximum atomic E-state index is 12.4. The minimum Gasteiger partial charge on any atom is -0.475 e. The van der Waals surface area contributed by atoms with E-state index in [9.17, 15) is 26.4 Å². The van der Waals surface area contributed by atoms with Gasteiger partial charge in [0, 0.05) is 42.1 Å². The Morgan fingerprint density at radius 1 is 1.12 bits per heavy atom. The number of H-pyrrole nitrogens is 1. The summed E-state index contributed by atoms with van der Waals surface area (Å²) < 4.78 is 57.9. The Morgan fingerprint density at radius 2 is 1.74 bits per heavy atom. The molecule has 1 aromatic carbocycles. The molecule has 0 bridgehead atoms. The van der Waals surface area contributed by atoms with Crippen LogP contribution in [0.2, 0.25) is 0 Å². The van der Waals surface area contributed by atoms with Gasteiger partial charge in [-0.3, -0.25) is 9.69 Å². The number of carbonyl (C=O) groups is 2. The van der Waals surface area contributed by atoms with Gasteiger partial charge >= 0.3 is 12.1 Å². The molecule has 1 amide bonds. The Labute approximate surface area is 252 Å². The van der Waals surface area contributed by atoms with E-state index in [4.69, 9.17) is 15.6 Å². The number of fused-ring (bicyclic) bond motifs is 1. The zero-order valence-electron chi connectivity index (χ0n) is 24.1. The third-order valence-corrected chi connectivity index (χ3v) is 11.1. The molecular formula is C29H37F3N4O5S2. The molecule has 9 nitrogen and oxygen atoms in total. The number of aromatic nitrogens is 1. The number of carboxylic acids is 1. The van der Waals surface area contributed by atoms with E-state index in [0.29, 0.717) is 24.7 Å². The Bertz CT molecular complexity index is 1550. The van der Waals surface area contributed by atoms with Crippen molar-refractivity contribution in [1.29, 1.82) is 0 Å². The summed E-state index contributed by atoms with van der Waals surface area (Å²) in [5, 5.41) is 10.3. The lowest BCUT2D eigenvalue weighted by Crippen LogP contribution is -2.38. The predicted molar refractivity (Wildman–Crippen MR) is 161 cm³/mol. The van der Waals surface area contributed by atoms with E-state index < -0.39 is 28.1 Å². The van der Waals surface area contributed by atoms with E-state index >= 15 is 0 Å². The van der Waals surface area contributed by atoms with Crippen molar-refractivity contribution in [2.45, 2.75) is 70.1 Å². The molecule has 14 heteroatoms. The summed E-state index contributed by atoms with van der Waals surface area (Å²) in [5.41, 5.74) is 10.3. The molecule has 1 aliphatic heterocycles. The zero-order valence-corrected chi connectivity index (χ0v) is 25.7. The van der Waals surface area contributed by atoms with Gasteiger partial charge in [0.05, 0.1) is 16.8 Å². The molecule has 1 aliphatic carbocycles. The maximum absolute atomic E-state index is 12.4. The molecule has 2 aromatic heterocycles. The van der Waals surface area contributed by atoms with Crippen LogP contribution in [0.1, 0.15) is 72.2 Å². The quantitative estimate of drug-likeness (QED) is 0.296. The first-order valence-corrected chi connectivity index (χ1v) is 16.7. The van der Waals surface area contributed by atoms with E-state index in [1.807, 2.05) is 12.3 Å². The number of aliphatic carboxylic acids is 1. The lowest BCUT2D eigenvalue weighted by molar-refractivity contribution is -0.192. The van der Waals surface area contributed by atoms with Gasteiger partial charge in [0.25, 0.3) is 5.91 Å². The third kappa shape index (κ3) is 7.78. The molecule has 0 atom stereocenters. The van der Waals surface area contributed by atoms with Gasteiger partial charge < -0.3 is 15.8 Å². The highest BCUT2D eigenvalue weighted by molar-refractivity contribution is 7.89. The van der Waals surface area contributed by atoms with Crippen LogP contribution in [0, 0.1) is 0 Å². The second kappa shape index (κ2) is 13.4. The molecule has 4 N–H and O–H groups in total. The molecule has 2 aliphatic rings. The average Bonchev–Trinajstić information content (AvgIpc) is 3.73. The first kappa shape index (κ1) is 33.0. The minimum atomic E-state index is -5.08. The summed E-state index contributed by atoms with van der Waals surface area (Å²) in [6.07, 6.45) is 3.64. The van der Waals surface area contributed by atoms with E-state index in [1.165, 1.54) is 30.6 Å². The highest BCUT2D eigenvalue weighted by Gasteiger charge is 2.38. The van der Waals surface area contributed by atoms with Gasteiger partial charge in [-0.1, -0.05) is 12.8 Å². The molecule has 3 aromatic rings. The van der Waals surface area contributed by atoms with Gasteiger partial charge in [0.15, 0.2) is 0 Å². The van der Waals surface area contributed by atoms with Crippen LogP contribution in [-0.4, -0.2) is 77.7 Å². The molecule has 0 spiro atoms. The second-order valence-electron chi connectivity index (χ2n) is 11.1. The fourth-order valence-electron chi connectivity index (χ4n) is 5.91. The number of halogens is 3. The van der Waals surface area contributed by atoms with Gasteiger partial charge in [-0.15, -0.1) is 11.3 Å². The van der Waals surface area contributed by atoms with Crippen molar-refractivity contribution in [2.24, 2.45) is 5.73 Å². The number of carbonyl (C=O) groups excluding carboxylic acids is 1. The lowest BCUT2D eigenvalue weighted by atomic mass is 9.88. The molecule has 0 unspecified atom stereocenters. The summed E-state index contributed by atoms with van der Waals surface area (Å²) in [6.45, 7) is 3.68. The monoisotopic (exact) mass is 642 g/mol. The summed E-state index contributed by atoms with van der Waals surface area (Å²) in [5.74, 6) is -2.84. The number of benzene rings is 1. The number of amides is 1. The molecule has 1 saturated heterocycles. The fourth-order valence-corrected chi connectivity index (χ4v) is 8.00. The SMILES string of the molecule is CCS(=O)(=O)N1CCC(c2c[nH]c3c(C(N)=O)cc(-c4csc(CN(C)C5CCCC5)c4)cc23)CC1.O=C(O)C(F)(F)F. The van der Waals surface area contributed by atoms with Crippen LogP contribution in [0.15, 0.2) is 29.8 Å². The van der Waals surface area contributed by atoms with Crippen LogP contribution in [-0.2, 0) is 21.4 Å². The number of rotatable bonds is 8. The van der Waals surface area contributed by atoms with Crippen LogP contribution >= 0.6 is 11.3 Å². The van der Waals surface area contributed by atoms with Crippen LogP contribution in [0.25, 0.3) is 22.0 Å². The topological polar surface area (TPSA) is 137 Å². The maximum Gasteiger partial charge on any atom is 0.490 e. The van der Waals surface area contributed by atoms with Crippen LogP contribution in [0.5, 0.6) is 0 Å². The standard InChI is InChI=1S/C27H36N4O3S2.C2HF3O2/c1-3-36(33,34)31-10-8-18(9-11-31)25-15-29-26-23(25)13-19(14-24(26)27(28)32)20-12-22(35-17-20)16-30(2)21-6-4-5-7-21;3-2(4,5)1(6)7/h12-15,17-18,21,29H,3-11,16H2,1-2H3,(H2,28,32);(H,6,7). The van der Waals surface area contributed by atoms with Gasteiger partial charge in [-0.05, 0) is 85.8 Å². The second-order valence-corrected chi connectivity index (χ2v) is 14.3. The zero-order chi connectivity index (χ0) is 31.5. The number of hydrogen-bond acceptors (Lipinski definition) is 6. The Kier molecular flexibility index (Phi) is 10.2. The van der Waals surface area contributed by atoms with Gasteiger partial charge in [-0.2, -0.15) is 13.2 Å². The highest BCUT2D eigenvalue weighted by Crippen LogP contribution is 2.38. The van der Waals surface area contributed by atoms with E-state index in [-0.39, 0.29) is 11.7 Å². The van der Waals surface area contributed by atoms with E-state index in [2.05, 4.69) is 34.4 Å². The van der Waals surface area contributed by atoms with Crippen molar-refractivity contribution in [2.75, 3.05) is 25.9 Å². The Morgan fingerprint density at radius 3 is 2.30 bits per heavy atom. The van der Waals surface area contributed by atoms with Crippen molar-refractivity contribution >= 4 is 44.1 Å². The number of piperidine rings is 1. The average molecular weight is 643 g/mol. The first-order valence-electron chi connectivity index (χ1n) is 14.2. The van der Waals surface area contributed by atoms with Crippen molar-refractivity contribution in [3.05, 3.63) is 45.8 Å². The molecule has 0 radical (unpaired) electrons. The van der Waals surface area contributed by atoms with Crippen LogP contribution in [0.3, 0.4) is 0 Å². The number of alkyl halides is 3. The fraction of sp³-hybridized carbons (Fsp3) is 0.517. The molecule has 3 heterocycles. The summed E-state index contributed by atoms with van der Waals surface area (Å²) >= 11 is 1.76. The number of nitrogens with two attached hydrogens (primary N) is 1. The van der Waals surface area contributed by atoms with Gasteiger partial charge in [0.2, 0.25) is 10.0 Å². The van der Waals surface area contributed by atoms with Crippen molar-refractivity contribution in [1.82, 2.24) is 14.2 Å². The number of sulfonamides is 1. The van der Waals surface area contributed by atoms with Gasteiger partial charge in [-0.25, -0.2) is 17.5 Å². The summed E-state index contributed by atoms with van der Waals surface area (Å²) in [4.78, 5) is 28.4. The molecule has 1 saturated carbocycles. The molecular weight excluding hydrogens is 605 g/mol. The lowest BCUT2D eigenvalue weighted by Gasteiger charge is -2.31. The summed E-state index contributed by atoms with van der Waals surface area (Å²) in [6, 6.07) is 6.97. The largest absolute Gasteiger partial charge is 0.490 e. The number of thiophene rings is 1. The molecule has 2 fully saturated rings. The Hall–Kier alpha value is -2.94. The minimum absolute atomic E-state index is 0.134. The van der Waals surface area contributed by atoms with E-state index in [1.54, 1.807) is 22.6 Å².